The van der Waals surface area contributed by atoms with E-state index in [0.29, 0.717) is 28.8 Å². The molecule has 2 aliphatic heterocycles. The second-order valence-electron chi connectivity index (χ2n) is 10.8. The molecule has 10 heteroatoms. The number of aryl methyl sites for hydroxylation is 1. The molecule has 2 saturated heterocycles. The van der Waals surface area contributed by atoms with Gasteiger partial charge < -0.3 is 19.1 Å². The summed E-state index contributed by atoms with van der Waals surface area (Å²) in [5.41, 5.74) is 5.23. The summed E-state index contributed by atoms with van der Waals surface area (Å²) in [6, 6.07) is 21.2. The van der Waals surface area contributed by atoms with Gasteiger partial charge in [-0.2, -0.15) is 0 Å². The Morgan fingerprint density at radius 3 is 2.61 bits per heavy atom. The van der Waals surface area contributed by atoms with Crippen LogP contribution in [-0.2, 0) is 23.0 Å². The van der Waals surface area contributed by atoms with E-state index in [1.54, 1.807) is 29.2 Å². The van der Waals surface area contributed by atoms with E-state index in [9.17, 15) is 9.59 Å². The van der Waals surface area contributed by atoms with E-state index in [1.807, 2.05) is 25.3 Å². The largest absolute Gasteiger partial charge is 0.492 e. The van der Waals surface area contributed by atoms with Gasteiger partial charge in [0, 0.05) is 55.9 Å². The maximum absolute atomic E-state index is 13.4. The van der Waals surface area contributed by atoms with Gasteiger partial charge >= 0.3 is 5.97 Å². The number of carboxylic acid groups (broad SMARTS) is 1. The van der Waals surface area contributed by atoms with Gasteiger partial charge in [0.05, 0.1) is 23.7 Å². The molecule has 1 amide bonds. The summed E-state index contributed by atoms with van der Waals surface area (Å²) in [6.07, 6.45) is 4.52. The predicted molar refractivity (Wildman–Crippen MR) is 178 cm³/mol. The number of benzene rings is 3. The first-order valence-electron chi connectivity index (χ1n) is 14.6. The molecule has 0 saturated carbocycles. The number of ether oxygens (including phenoxy) is 2. The number of thioether (sulfide) groups is 1. The number of carbonyl (C=O) groups excluding carboxylic acids is 1. The SMILES string of the molecule is Cn1ccc2cc(-c3cc(C=C4SC(=S)N(CCc5ccc(C(=O)O)cc5)C4=O)ccc3OCCN3CCOCC3)ccc21. The smallest absolute Gasteiger partial charge is 0.335 e. The molecular formula is C34H33N3O5S2. The van der Waals surface area contributed by atoms with E-state index >= 15 is 0 Å². The highest BCUT2D eigenvalue weighted by molar-refractivity contribution is 8.26. The number of thiocarbonyl (C=S) groups is 1. The Bertz CT molecular complexity index is 1740. The van der Waals surface area contributed by atoms with Crippen LogP contribution >= 0.6 is 24.0 Å². The van der Waals surface area contributed by atoms with Crippen molar-refractivity contribution in [1.82, 2.24) is 14.4 Å². The van der Waals surface area contributed by atoms with Gasteiger partial charge in [-0.15, -0.1) is 0 Å². The molecule has 3 heterocycles. The van der Waals surface area contributed by atoms with Gasteiger partial charge in [-0.3, -0.25) is 14.6 Å². The summed E-state index contributed by atoms with van der Waals surface area (Å²) >= 11 is 6.87. The molecule has 44 heavy (non-hydrogen) atoms. The number of rotatable bonds is 10. The molecule has 2 fully saturated rings. The number of aromatic nitrogens is 1. The molecule has 0 bridgehead atoms. The lowest BCUT2D eigenvalue weighted by Gasteiger charge is -2.26. The minimum atomic E-state index is -0.963. The first-order chi connectivity index (χ1) is 21.4. The van der Waals surface area contributed by atoms with Crippen molar-refractivity contribution in [2.75, 3.05) is 46.0 Å². The van der Waals surface area contributed by atoms with Gasteiger partial charge in [0.1, 0.15) is 16.7 Å². The summed E-state index contributed by atoms with van der Waals surface area (Å²) in [5, 5.41) is 10.3. The van der Waals surface area contributed by atoms with Crippen LogP contribution in [0, 0.1) is 0 Å². The average Bonchev–Trinajstić information content (AvgIpc) is 3.54. The summed E-state index contributed by atoms with van der Waals surface area (Å²) in [5.74, 6) is -0.289. The standard InChI is InChI=1S/C34H33N3O5S2/c1-35-12-11-27-22-26(7-8-29(27)35)28-20-24(4-9-30(28)42-19-16-36-14-17-41-18-15-36)21-31-32(38)37(34(43)44-31)13-10-23-2-5-25(6-3-23)33(39)40/h2-9,11-12,20-22H,10,13-19H2,1H3,(H,39,40). The zero-order valence-corrected chi connectivity index (χ0v) is 26.0. The fourth-order valence-electron chi connectivity index (χ4n) is 5.45. The second-order valence-corrected chi connectivity index (χ2v) is 12.5. The van der Waals surface area contributed by atoms with Crippen LogP contribution in [0.15, 0.2) is 77.8 Å². The number of amides is 1. The summed E-state index contributed by atoms with van der Waals surface area (Å²) in [6.45, 7) is 5.15. The number of aromatic carboxylic acids is 1. The quantitative estimate of drug-likeness (QED) is 0.177. The molecule has 2 aliphatic rings. The zero-order chi connectivity index (χ0) is 30.6. The van der Waals surface area contributed by atoms with Crippen LogP contribution in [-0.4, -0.2) is 81.7 Å². The predicted octanol–water partition coefficient (Wildman–Crippen LogP) is 5.70. The van der Waals surface area contributed by atoms with E-state index in [-0.39, 0.29) is 11.5 Å². The summed E-state index contributed by atoms with van der Waals surface area (Å²) in [4.78, 5) is 29.1. The van der Waals surface area contributed by atoms with Crippen LogP contribution < -0.4 is 4.74 Å². The molecule has 1 N–H and O–H groups in total. The average molecular weight is 628 g/mol. The minimum absolute atomic E-state index is 0.125. The number of fused-ring (bicyclic) bond motifs is 1. The number of nitrogens with zero attached hydrogens (tertiary/aromatic N) is 3. The van der Waals surface area contributed by atoms with Crippen molar-refractivity contribution in [3.8, 4) is 16.9 Å². The van der Waals surface area contributed by atoms with Gasteiger partial charge in [-0.1, -0.05) is 48.2 Å². The van der Waals surface area contributed by atoms with Crippen molar-refractivity contribution in [3.05, 3.63) is 94.5 Å². The zero-order valence-electron chi connectivity index (χ0n) is 24.4. The number of carboxylic acids is 1. The van der Waals surface area contributed by atoms with Gasteiger partial charge in [-0.05, 0) is 71.7 Å². The second kappa shape index (κ2) is 13.4. The Morgan fingerprint density at radius 1 is 1.05 bits per heavy atom. The minimum Gasteiger partial charge on any atom is -0.492 e. The molecule has 226 valence electrons. The molecule has 8 nitrogen and oxygen atoms in total. The Morgan fingerprint density at radius 2 is 1.84 bits per heavy atom. The highest BCUT2D eigenvalue weighted by Crippen LogP contribution is 2.37. The van der Waals surface area contributed by atoms with Crippen LogP contribution in [0.1, 0.15) is 21.5 Å². The lowest BCUT2D eigenvalue weighted by Crippen LogP contribution is -2.38. The Kier molecular flexibility index (Phi) is 9.13. The Hall–Kier alpha value is -3.96. The number of carbonyl (C=O) groups is 2. The first kappa shape index (κ1) is 30.1. The molecule has 0 radical (unpaired) electrons. The fourth-order valence-corrected chi connectivity index (χ4v) is 6.76. The van der Waals surface area contributed by atoms with Gasteiger partial charge in [0.2, 0.25) is 0 Å². The molecule has 6 rings (SSSR count). The first-order valence-corrected chi connectivity index (χ1v) is 15.8. The third-order valence-corrected chi connectivity index (χ3v) is 9.34. The molecular weight excluding hydrogens is 595 g/mol. The van der Waals surface area contributed by atoms with Gasteiger partial charge in [0.25, 0.3) is 5.91 Å². The molecule has 4 aromatic rings. The van der Waals surface area contributed by atoms with Crippen LogP contribution in [0.2, 0.25) is 0 Å². The van der Waals surface area contributed by atoms with E-state index in [4.69, 9.17) is 26.8 Å². The fraction of sp³-hybridized carbons (Fsp3) is 0.265. The third kappa shape index (κ3) is 6.73. The van der Waals surface area contributed by atoms with Crippen molar-refractivity contribution >= 4 is 57.2 Å². The number of morpholine rings is 1. The van der Waals surface area contributed by atoms with E-state index in [1.165, 1.54) is 11.8 Å². The van der Waals surface area contributed by atoms with Crippen LogP contribution in [0.5, 0.6) is 5.75 Å². The van der Waals surface area contributed by atoms with E-state index < -0.39 is 5.97 Å². The molecule has 0 unspecified atom stereocenters. The normalized spacial score (nSPS) is 16.8. The topological polar surface area (TPSA) is 84.2 Å². The van der Waals surface area contributed by atoms with Crippen LogP contribution in [0.4, 0.5) is 0 Å². The van der Waals surface area contributed by atoms with Crippen molar-refractivity contribution in [3.63, 3.8) is 0 Å². The summed E-state index contributed by atoms with van der Waals surface area (Å²) in [7, 11) is 2.04. The molecule has 0 spiro atoms. The Labute approximate surface area is 265 Å². The van der Waals surface area contributed by atoms with Gasteiger partial charge in [-0.25, -0.2) is 4.79 Å². The van der Waals surface area contributed by atoms with Crippen molar-refractivity contribution in [2.45, 2.75) is 6.42 Å². The van der Waals surface area contributed by atoms with Crippen LogP contribution in [0.3, 0.4) is 0 Å². The van der Waals surface area contributed by atoms with Crippen molar-refractivity contribution in [1.29, 1.82) is 0 Å². The lowest BCUT2D eigenvalue weighted by molar-refractivity contribution is -0.122. The maximum atomic E-state index is 13.4. The van der Waals surface area contributed by atoms with Gasteiger partial charge in [0.15, 0.2) is 0 Å². The highest BCUT2D eigenvalue weighted by atomic mass is 32.2. The lowest BCUT2D eigenvalue weighted by atomic mass is 10.00. The van der Waals surface area contributed by atoms with E-state index in [2.05, 4.69) is 46.0 Å². The van der Waals surface area contributed by atoms with E-state index in [0.717, 1.165) is 71.8 Å². The molecule has 1 aromatic heterocycles. The monoisotopic (exact) mass is 627 g/mol. The van der Waals surface area contributed by atoms with Crippen molar-refractivity contribution < 1.29 is 24.2 Å². The molecule has 0 atom stereocenters. The van der Waals surface area contributed by atoms with Crippen LogP contribution in [0.25, 0.3) is 28.1 Å². The molecule has 0 aliphatic carbocycles. The number of hydrogen-bond donors (Lipinski definition) is 1. The summed E-state index contributed by atoms with van der Waals surface area (Å²) < 4.78 is 14.4. The highest BCUT2D eigenvalue weighted by Gasteiger charge is 2.31. The van der Waals surface area contributed by atoms with Crippen molar-refractivity contribution in [2.24, 2.45) is 7.05 Å². The Balaban J connectivity index is 1.21. The maximum Gasteiger partial charge on any atom is 0.335 e. The third-order valence-electron chi connectivity index (χ3n) is 7.96. The molecule has 3 aromatic carbocycles. The number of hydrogen-bond acceptors (Lipinski definition) is 7.